The third kappa shape index (κ3) is 6.09. The molecule has 0 aliphatic heterocycles. The molecule has 0 fully saturated rings. The zero-order valence-corrected chi connectivity index (χ0v) is 37.3. The van der Waals surface area contributed by atoms with Crippen molar-refractivity contribution in [2.45, 2.75) is 0 Å². The number of para-hydroxylation sites is 4. The van der Waals surface area contributed by atoms with Gasteiger partial charge in [0, 0.05) is 54.7 Å². The second-order valence-electron chi connectivity index (χ2n) is 17.6. The van der Waals surface area contributed by atoms with Crippen molar-refractivity contribution < 1.29 is 0 Å². The summed E-state index contributed by atoms with van der Waals surface area (Å²) in [7, 11) is 0. The summed E-state index contributed by atoms with van der Waals surface area (Å²) in [6.07, 6.45) is 0. The van der Waals surface area contributed by atoms with Gasteiger partial charge in [-0.3, -0.25) is 4.57 Å². The summed E-state index contributed by atoms with van der Waals surface area (Å²) in [5, 5.41) is 6.83. The Balaban J connectivity index is 1.09. The first-order valence-corrected chi connectivity index (χ1v) is 23.4. The van der Waals surface area contributed by atoms with Crippen LogP contribution in [0.25, 0.3) is 128 Å². The number of aromatic nitrogens is 6. The maximum Gasteiger partial charge on any atom is 0.238 e. The summed E-state index contributed by atoms with van der Waals surface area (Å²) < 4.78 is 7.10. The van der Waals surface area contributed by atoms with Crippen LogP contribution < -0.4 is 0 Å². The van der Waals surface area contributed by atoms with E-state index in [4.69, 9.17) is 15.0 Å². The van der Waals surface area contributed by atoms with E-state index in [0.29, 0.717) is 17.6 Å². The van der Waals surface area contributed by atoms with Gasteiger partial charge in [0.1, 0.15) is 0 Å². The van der Waals surface area contributed by atoms with Crippen LogP contribution in [0.15, 0.2) is 243 Å². The van der Waals surface area contributed by atoms with E-state index < -0.39 is 0 Å². The van der Waals surface area contributed by atoms with Gasteiger partial charge >= 0.3 is 0 Å². The Kier molecular flexibility index (Phi) is 8.79. The number of hydrogen-bond donors (Lipinski definition) is 0. The van der Waals surface area contributed by atoms with Gasteiger partial charge in [-0.2, -0.15) is 9.97 Å². The minimum absolute atomic E-state index is 0.544. The molecule has 10 aromatic carbocycles. The number of benzene rings is 10. The third-order valence-corrected chi connectivity index (χ3v) is 13.7. The van der Waals surface area contributed by atoms with Crippen LogP contribution in [0.1, 0.15) is 0 Å². The van der Waals surface area contributed by atoms with Crippen molar-refractivity contribution in [3.05, 3.63) is 243 Å². The van der Waals surface area contributed by atoms with E-state index in [2.05, 4.69) is 238 Å². The fraction of sp³-hybridized carbons (Fsp3) is 0. The van der Waals surface area contributed by atoms with Crippen molar-refractivity contribution in [1.29, 1.82) is 0 Å². The van der Waals surface area contributed by atoms with E-state index in [-0.39, 0.29) is 0 Å². The smallest absolute Gasteiger partial charge is 0.238 e. The molecule has 4 heterocycles. The van der Waals surface area contributed by atoms with E-state index in [0.717, 1.165) is 99.4 Å². The summed E-state index contributed by atoms with van der Waals surface area (Å²) in [4.78, 5) is 16.3. The highest BCUT2D eigenvalue weighted by atomic mass is 15.2. The zero-order valence-electron chi connectivity index (χ0n) is 37.3. The van der Waals surface area contributed by atoms with Crippen molar-refractivity contribution in [1.82, 2.24) is 28.7 Å². The van der Waals surface area contributed by atoms with Gasteiger partial charge in [-0.25, -0.2) is 4.98 Å². The van der Waals surface area contributed by atoms with Gasteiger partial charge < -0.3 is 9.13 Å². The fourth-order valence-corrected chi connectivity index (χ4v) is 10.7. The summed E-state index contributed by atoms with van der Waals surface area (Å²) in [6, 6.07) is 86.3. The molecule has 14 aromatic rings. The van der Waals surface area contributed by atoms with E-state index in [1.54, 1.807) is 0 Å². The molecule has 0 radical (unpaired) electrons. The Labute approximate surface area is 397 Å². The first-order valence-electron chi connectivity index (χ1n) is 23.4. The van der Waals surface area contributed by atoms with Gasteiger partial charge in [0.15, 0.2) is 11.6 Å². The molecule has 69 heavy (non-hydrogen) atoms. The molecule has 0 aliphatic carbocycles. The Morgan fingerprint density at radius 1 is 0.275 bits per heavy atom. The second-order valence-corrected chi connectivity index (χ2v) is 17.6. The van der Waals surface area contributed by atoms with Crippen LogP contribution in [0.2, 0.25) is 0 Å². The summed E-state index contributed by atoms with van der Waals surface area (Å²) >= 11 is 0. The summed E-state index contributed by atoms with van der Waals surface area (Å²) in [5.74, 6) is 1.74. The Hall–Kier alpha value is -9.39. The largest absolute Gasteiger partial charge is 0.309 e. The van der Waals surface area contributed by atoms with Gasteiger partial charge in [-0.05, 0) is 71.3 Å². The molecular weight excluding hydrogens is 841 g/mol. The Morgan fingerprint density at radius 2 is 0.754 bits per heavy atom. The number of nitrogens with zero attached hydrogens (tertiary/aromatic N) is 6. The molecule has 0 atom stereocenters. The Bertz CT molecular complexity index is 4280. The normalized spacial score (nSPS) is 11.8. The highest BCUT2D eigenvalue weighted by Crippen LogP contribution is 2.45. The van der Waals surface area contributed by atoms with Crippen molar-refractivity contribution in [2.24, 2.45) is 0 Å². The molecule has 0 saturated carbocycles. The topological polar surface area (TPSA) is 53.5 Å². The lowest BCUT2D eigenvalue weighted by Gasteiger charge is -2.19. The lowest BCUT2D eigenvalue weighted by Crippen LogP contribution is -2.07. The summed E-state index contributed by atoms with van der Waals surface area (Å²) in [5.41, 5.74) is 15.1. The lowest BCUT2D eigenvalue weighted by molar-refractivity contribution is 0.953. The minimum atomic E-state index is 0.544. The molecule has 322 valence electrons. The van der Waals surface area contributed by atoms with Crippen molar-refractivity contribution >= 4 is 65.4 Å². The van der Waals surface area contributed by atoms with Crippen LogP contribution in [-0.2, 0) is 0 Å². The second kappa shape index (κ2) is 15.6. The predicted molar refractivity (Wildman–Crippen MR) is 285 cm³/mol. The Morgan fingerprint density at radius 3 is 1.39 bits per heavy atom. The van der Waals surface area contributed by atoms with Crippen molar-refractivity contribution in [3.8, 4) is 62.4 Å². The van der Waals surface area contributed by atoms with Crippen molar-refractivity contribution in [2.75, 3.05) is 0 Å². The minimum Gasteiger partial charge on any atom is -0.309 e. The molecule has 0 bridgehead atoms. The van der Waals surface area contributed by atoms with Gasteiger partial charge in [0.2, 0.25) is 5.95 Å². The van der Waals surface area contributed by atoms with Gasteiger partial charge in [0.05, 0.1) is 38.8 Å². The predicted octanol–water partition coefficient (Wildman–Crippen LogP) is 15.8. The molecule has 6 nitrogen and oxygen atoms in total. The lowest BCUT2D eigenvalue weighted by atomic mass is 9.93. The fourth-order valence-electron chi connectivity index (χ4n) is 10.7. The van der Waals surface area contributed by atoms with Crippen molar-refractivity contribution in [3.63, 3.8) is 0 Å². The average molecular weight is 881 g/mol. The molecule has 0 N–H and O–H groups in total. The first kappa shape index (κ1) is 38.8. The van der Waals surface area contributed by atoms with Gasteiger partial charge in [0.25, 0.3) is 0 Å². The van der Waals surface area contributed by atoms with Crippen LogP contribution in [-0.4, -0.2) is 28.7 Å². The average Bonchev–Trinajstić information content (AvgIpc) is 4.07. The van der Waals surface area contributed by atoms with Crippen LogP contribution in [0, 0.1) is 0 Å². The zero-order chi connectivity index (χ0) is 45.4. The first-order chi connectivity index (χ1) is 34.3. The highest BCUT2D eigenvalue weighted by Gasteiger charge is 2.26. The molecule has 0 unspecified atom stereocenters. The van der Waals surface area contributed by atoms with E-state index in [1.165, 1.54) is 10.8 Å². The van der Waals surface area contributed by atoms with E-state index >= 15 is 0 Å². The van der Waals surface area contributed by atoms with E-state index in [9.17, 15) is 0 Å². The van der Waals surface area contributed by atoms with Crippen LogP contribution in [0.5, 0.6) is 0 Å². The highest BCUT2D eigenvalue weighted by molar-refractivity contribution is 6.24. The molecule has 6 heteroatoms. The molecular formula is C63H40N6. The van der Waals surface area contributed by atoms with Crippen LogP contribution in [0.3, 0.4) is 0 Å². The quantitative estimate of drug-likeness (QED) is 0.160. The molecule has 14 rings (SSSR count). The molecule has 0 saturated heterocycles. The van der Waals surface area contributed by atoms with Crippen LogP contribution in [0.4, 0.5) is 0 Å². The monoisotopic (exact) mass is 880 g/mol. The maximum absolute atomic E-state index is 5.53. The van der Waals surface area contributed by atoms with E-state index in [1.807, 2.05) is 18.2 Å². The number of fused-ring (bicyclic) bond motifs is 10. The number of rotatable bonds is 7. The molecule has 0 aliphatic rings. The maximum atomic E-state index is 5.53. The van der Waals surface area contributed by atoms with Crippen LogP contribution >= 0.6 is 0 Å². The molecule has 0 amide bonds. The van der Waals surface area contributed by atoms with Gasteiger partial charge in [-0.15, -0.1) is 0 Å². The summed E-state index contributed by atoms with van der Waals surface area (Å²) in [6.45, 7) is 0. The molecule has 4 aromatic heterocycles. The SMILES string of the molecule is c1ccc(-c2nc(-c3ccc4c(c3)c3ccccc3n4-c3ccccc3)nc(-n3c4ccccc4c4ccc5c6ccccc6n(-c6cccc(-c7ccccc7)c6-c6ccccc6)c5c43)n2)cc1. The third-order valence-electron chi connectivity index (χ3n) is 13.7. The number of hydrogen-bond acceptors (Lipinski definition) is 3. The van der Waals surface area contributed by atoms with Gasteiger partial charge in [-0.1, -0.05) is 188 Å². The molecule has 0 spiro atoms. The standard InChI is InChI=1S/C63H40N6/c1-5-20-41(21-6-1)46-31-19-35-57(58(46)42-22-7-2-8-23-42)68-54-33-17-13-28-47(54)50-37-38-51-48-29-14-18-34-55(48)69(60(51)59(50)68)63-65-61(43-24-9-3-10-25-43)64-62(66-63)44-36-39-56-52(40-44)49-30-15-16-32-53(49)67(56)45-26-11-4-12-27-45/h1-40H.